The Hall–Kier alpha value is -2.31. The fraction of sp³-hybridized carbons (Fsp3) is 0.412. The molecule has 2 aromatic rings. The lowest BCUT2D eigenvalue weighted by Crippen LogP contribution is -2.39. The number of carbonyl (C=O) groups excluding carboxylic acids is 1. The first-order chi connectivity index (χ1) is 11.4. The van der Waals surface area contributed by atoms with Gasteiger partial charge in [-0.25, -0.2) is 4.98 Å². The number of hydrogen-bond donors (Lipinski definition) is 1. The lowest BCUT2D eigenvalue weighted by molar-refractivity contribution is -0.138. The molecule has 1 N–H and O–H groups in total. The van der Waals surface area contributed by atoms with Crippen molar-refractivity contribution in [3.8, 4) is 0 Å². The minimum absolute atomic E-state index is 0.00462. The van der Waals surface area contributed by atoms with Gasteiger partial charge in [0.25, 0.3) is 0 Å². The highest BCUT2D eigenvalue weighted by molar-refractivity contribution is 5.79. The molecule has 0 aliphatic carbocycles. The van der Waals surface area contributed by atoms with Crippen molar-refractivity contribution in [3.63, 3.8) is 0 Å². The van der Waals surface area contributed by atoms with Gasteiger partial charge in [0, 0.05) is 31.4 Å². The summed E-state index contributed by atoms with van der Waals surface area (Å²) in [5, 5.41) is 0. The summed E-state index contributed by atoms with van der Waals surface area (Å²) in [6, 6.07) is 4.97. The monoisotopic (exact) mass is 337 g/mol. The molecule has 0 bridgehead atoms. The standard InChI is InChI=1S/C17H18F3N3O/c18-17(19,20)14-3-1-2-12(10-14)11-15(24)23-8-4-13(5-9-23)16-21-6-7-22-16/h1-3,6-7,10,13H,4-5,8-9,11H2,(H,21,22). The van der Waals surface area contributed by atoms with Gasteiger partial charge in [-0.05, 0) is 24.5 Å². The number of nitrogens with one attached hydrogen (secondary N) is 1. The normalized spacial score (nSPS) is 16.4. The van der Waals surface area contributed by atoms with Gasteiger partial charge in [-0.15, -0.1) is 0 Å². The van der Waals surface area contributed by atoms with Gasteiger partial charge in [0.05, 0.1) is 12.0 Å². The van der Waals surface area contributed by atoms with Gasteiger partial charge in [0.2, 0.25) is 5.91 Å². The maximum Gasteiger partial charge on any atom is 0.416 e. The maximum absolute atomic E-state index is 12.7. The molecule has 0 radical (unpaired) electrons. The predicted molar refractivity (Wildman–Crippen MR) is 82.3 cm³/mol. The maximum atomic E-state index is 12.7. The van der Waals surface area contributed by atoms with Gasteiger partial charge in [-0.1, -0.05) is 18.2 Å². The molecular weight excluding hydrogens is 319 g/mol. The largest absolute Gasteiger partial charge is 0.416 e. The number of rotatable bonds is 3. The van der Waals surface area contributed by atoms with Crippen LogP contribution < -0.4 is 0 Å². The number of hydrogen-bond acceptors (Lipinski definition) is 2. The first-order valence-electron chi connectivity index (χ1n) is 7.86. The van der Waals surface area contributed by atoms with E-state index in [4.69, 9.17) is 0 Å². The van der Waals surface area contributed by atoms with E-state index in [0.717, 1.165) is 30.8 Å². The quantitative estimate of drug-likeness (QED) is 0.933. The van der Waals surface area contributed by atoms with Crippen LogP contribution in [0.5, 0.6) is 0 Å². The minimum Gasteiger partial charge on any atom is -0.348 e. The molecule has 0 unspecified atom stereocenters. The number of alkyl halides is 3. The molecule has 7 heteroatoms. The van der Waals surface area contributed by atoms with Crippen LogP contribution in [0.1, 0.15) is 35.7 Å². The number of halogens is 3. The Morgan fingerprint density at radius 3 is 2.67 bits per heavy atom. The number of H-pyrrole nitrogens is 1. The zero-order valence-electron chi connectivity index (χ0n) is 13.0. The van der Waals surface area contributed by atoms with Crippen molar-refractivity contribution in [1.82, 2.24) is 14.9 Å². The molecule has 1 aliphatic rings. The third-order valence-corrected chi connectivity index (χ3v) is 4.36. The van der Waals surface area contributed by atoms with Gasteiger partial charge in [0.1, 0.15) is 5.82 Å². The van der Waals surface area contributed by atoms with Crippen LogP contribution in [-0.4, -0.2) is 33.9 Å². The van der Waals surface area contributed by atoms with Crippen molar-refractivity contribution in [2.75, 3.05) is 13.1 Å². The Labute approximate surface area is 137 Å². The van der Waals surface area contributed by atoms with Crippen LogP contribution in [0.3, 0.4) is 0 Å². The molecule has 1 amide bonds. The SMILES string of the molecule is O=C(Cc1cccc(C(F)(F)F)c1)N1CCC(c2ncc[nH]2)CC1. The van der Waals surface area contributed by atoms with E-state index in [2.05, 4.69) is 9.97 Å². The second kappa shape index (κ2) is 6.67. The molecule has 128 valence electrons. The predicted octanol–water partition coefficient (Wildman–Crippen LogP) is 3.38. The molecule has 4 nitrogen and oxygen atoms in total. The van der Waals surface area contributed by atoms with Gasteiger partial charge < -0.3 is 9.88 Å². The van der Waals surface area contributed by atoms with E-state index in [0.29, 0.717) is 24.6 Å². The van der Waals surface area contributed by atoms with E-state index in [1.807, 2.05) is 0 Å². The van der Waals surface area contributed by atoms with Crippen LogP contribution in [0.4, 0.5) is 13.2 Å². The van der Waals surface area contributed by atoms with Crippen LogP contribution in [0, 0.1) is 0 Å². The van der Waals surface area contributed by atoms with E-state index >= 15 is 0 Å². The van der Waals surface area contributed by atoms with Gasteiger partial charge in [-0.2, -0.15) is 13.2 Å². The average molecular weight is 337 g/mol. The number of benzene rings is 1. The molecule has 1 fully saturated rings. The number of aromatic nitrogens is 2. The molecule has 3 rings (SSSR count). The summed E-state index contributed by atoms with van der Waals surface area (Å²) in [5.41, 5.74) is -0.327. The van der Waals surface area contributed by atoms with E-state index in [1.165, 1.54) is 6.07 Å². The van der Waals surface area contributed by atoms with Crippen molar-refractivity contribution in [2.45, 2.75) is 31.4 Å². The average Bonchev–Trinajstić information content (AvgIpc) is 3.09. The van der Waals surface area contributed by atoms with Gasteiger partial charge in [-0.3, -0.25) is 4.79 Å². The molecular formula is C17H18F3N3O. The Morgan fingerprint density at radius 1 is 1.29 bits per heavy atom. The Kier molecular flexibility index (Phi) is 4.59. The molecule has 1 aromatic carbocycles. The van der Waals surface area contributed by atoms with E-state index < -0.39 is 11.7 Å². The van der Waals surface area contributed by atoms with E-state index in [-0.39, 0.29) is 12.3 Å². The topological polar surface area (TPSA) is 49.0 Å². The van der Waals surface area contributed by atoms with E-state index in [1.54, 1.807) is 23.4 Å². The van der Waals surface area contributed by atoms with Crippen molar-refractivity contribution in [2.24, 2.45) is 0 Å². The highest BCUT2D eigenvalue weighted by Crippen LogP contribution is 2.30. The second-order valence-corrected chi connectivity index (χ2v) is 6.00. The minimum atomic E-state index is -4.39. The number of amides is 1. The lowest BCUT2D eigenvalue weighted by Gasteiger charge is -2.31. The van der Waals surface area contributed by atoms with Crippen LogP contribution >= 0.6 is 0 Å². The highest BCUT2D eigenvalue weighted by Gasteiger charge is 2.31. The second-order valence-electron chi connectivity index (χ2n) is 6.00. The molecule has 0 spiro atoms. The summed E-state index contributed by atoms with van der Waals surface area (Å²) < 4.78 is 38.2. The Morgan fingerprint density at radius 2 is 2.04 bits per heavy atom. The van der Waals surface area contributed by atoms with Gasteiger partial charge >= 0.3 is 6.18 Å². The van der Waals surface area contributed by atoms with Crippen LogP contribution in [0.25, 0.3) is 0 Å². The zero-order valence-corrected chi connectivity index (χ0v) is 13.0. The number of aromatic amines is 1. The summed E-state index contributed by atoms with van der Waals surface area (Å²) in [7, 11) is 0. The van der Waals surface area contributed by atoms with Crippen LogP contribution in [0.2, 0.25) is 0 Å². The van der Waals surface area contributed by atoms with Crippen LogP contribution in [0.15, 0.2) is 36.7 Å². The molecule has 0 saturated carbocycles. The number of imidazole rings is 1. The van der Waals surface area contributed by atoms with Crippen LogP contribution in [-0.2, 0) is 17.4 Å². The first-order valence-corrected chi connectivity index (χ1v) is 7.86. The third kappa shape index (κ3) is 3.77. The van der Waals surface area contributed by atoms with E-state index in [9.17, 15) is 18.0 Å². The van der Waals surface area contributed by atoms with Gasteiger partial charge in [0.15, 0.2) is 0 Å². The summed E-state index contributed by atoms with van der Waals surface area (Å²) in [5.74, 6) is 1.10. The summed E-state index contributed by atoms with van der Waals surface area (Å²) in [6.45, 7) is 1.20. The van der Waals surface area contributed by atoms with Crippen molar-refractivity contribution < 1.29 is 18.0 Å². The number of carbonyl (C=O) groups is 1. The number of piperidine rings is 1. The number of nitrogens with zero attached hydrogens (tertiary/aromatic N) is 2. The van der Waals surface area contributed by atoms with Crippen molar-refractivity contribution in [1.29, 1.82) is 0 Å². The fourth-order valence-electron chi connectivity index (χ4n) is 3.05. The Bertz CT molecular complexity index is 689. The third-order valence-electron chi connectivity index (χ3n) is 4.36. The molecule has 1 saturated heterocycles. The Balaban J connectivity index is 1.58. The van der Waals surface area contributed by atoms with Crippen molar-refractivity contribution in [3.05, 3.63) is 53.6 Å². The smallest absolute Gasteiger partial charge is 0.348 e. The summed E-state index contributed by atoms with van der Waals surface area (Å²) >= 11 is 0. The zero-order chi connectivity index (χ0) is 17.2. The molecule has 1 aliphatic heterocycles. The molecule has 1 aromatic heterocycles. The number of likely N-dealkylation sites (tertiary alicyclic amines) is 1. The summed E-state index contributed by atoms with van der Waals surface area (Å²) in [6.07, 6.45) is 0.709. The summed E-state index contributed by atoms with van der Waals surface area (Å²) in [4.78, 5) is 21.4. The van der Waals surface area contributed by atoms with Crippen molar-refractivity contribution >= 4 is 5.91 Å². The highest BCUT2D eigenvalue weighted by atomic mass is 19.4. The lowest BCUT2D eigenvalue weighted by atomic mass is 9.95. The molecule has 24 heavy (non-hydrogen) atoms. The first kappa shape index (κ1) is 16.5. The molecule has 2 heterocycles. The fourth-order valence-corrected chi connectivity index (χ4v) is 3.05. The molecule has 0 atom stereocenters.